The molecule has 1 N–H and O–H groups in total. The second kappa shape index (κ2) is 6.44. The highest BCUT2D eigenvalue weighted by Gasteiger charge is 2.42. The van der Waals surface area contributed by atoms with Crippen LogP contribution >= 0.6 is 0 Å². The molecular weight excluding hydrogens is 338 g/mol. The first kappa shape index (κ1) is 16.9. The van der Waals surface area contributed by atoms with Gasteiger partial charge in [0.25, 0.3) is 0 Å². The third-order valence-electron chi connectivity index (χ3n) is 6.88. The zero-order chi connectivity index (χ0) is 18.5. The molecule has 2 unspecified atom stereocenters. The molecule has 0 amide bonds. The normalized spacial score (nSPS) is 29.3. The van der Waals surface area contributed by atoms with Crippen molar-refractivity contribution in [2.45, 2.75) is 51.5 Å². The Hall–Kier alpha value is -2.21. The van der Waals surface area contributed by atoms with Gasteiger partial charge in [0.2, 0.25) is 0 Å². The Morgan fingerprint density at radius 2 is 2.11 bits per heavy atom. The molecule has 2 aliphatic rings. The number of fused-ring (bicyclic) bond motifs is 3. The van der Waals surface area contributed by atoms with E-state index in [0.717, 1.165) is 54.9 Å². The molecule has 3 aromatic rings. The highest BCUT2D eigenvalue weighted by atomic mass is 16.1. The van der Waals surface area contributed by atoms with E-state index in [1.807, 2.05) is 25.5 Å². The van der Waals surface area contributed by atoms with Gasteiger partial charge < -0.3 is 4.98 Å². The van der Waals surface area contributed by atoms with Crippen molar-refractivity contribution in [3.05, 3.63) is 30.5 Å². The molecule has 5 rings (SSSR count). The van der Waals surface area contributed by atoms with Crippen LogP contribution < -0.4 is 0 Å². The van der Waals surface area contributed by atoms with Gasteiger partial charge in [0.05, 0.1) is 23.4 Å². The molecular formula is C21H27N5O. The molecule has 6 heteroatoms. The van der Waals surface area contributed by atoms with Crippen molar-refractivity contribution < 1.29 is 4.79 Å². The summed E-state index contributed by atoms with van der Waals surface area (Å²) in [7, 11) is 0. The number of carbonyl (C=O) groups is 1. The zero-order valence-corrected chi connectivity index (χ0v) is 16.1. The molecule has 142 valence electrons. The van der Waals surface area contributed by atoms with Gasteiger partial charge >= 0.3 is 0 Å². The minimum atomic E-state index is 0.252. The first-order chi connectivity index (χ1) is 13.2. The van der Waals surface area contributed by atoms with Gasteiger partial charge in [0.15, 0.2) is 5.65 Å². The van der Waals surface area contributed by atoms with Gasteiger partial charge in [0.1, 0.15) is 11.6 Å². The Bertz CT molecular complexity index is 989. The van der Waals surface area contributed by atoms with Crippen molar-refractivity contribution in [1.82, 2.24) is 24.3 Å². The van der Waals surface area contributed by atoms with Crippen LogP contribution in [0.3, 0.4) is 0 Å². The van der Waals surface area contributed by atoms with Crippen LogP contribution in [0.5, 0.6) is 0 Å². The Labute approximate surface area is 159 Å². The molecule has 0 aromatic carbocycles. The predicted octanol–water partition coefficient (Wildman–Crippen LogP) is 3.39. The van der Waals surface area contributed by atoms with E-state index < -0.39 is 0 Å². The number of aromatic nitrogens is 4. The lowest BCUT2D eigenvalue weighted by Crippen LogP contribution is -2.54. The van der Waals surface area contributed by atoms with Gasteiger partial charge in [-0.3, -0.25) is 14.1 Å². The van der Waals surface area contributed by atoms with Crippen LogP contribution in [-0.2, 0) is 4.79 Å². The van der Waals surface area contributed by atoms with Crippen LogP contribution in [0.2, 0.25) is 0 Å². The predicted molar refractivity (Wildman–Crippen MR) is 105 cm³/mol. The summed E-state index contributed by atoms with van der Waals surface area (Å²) in [6, 6.07) is 2.51. The van der Waals surface area contributed by atoms with E-state index in [-0.39, 0.29) is 5.92 Å². The number of imidazole rings is 1. The fraction of sp³-hybridized carbons (Fsp3) is 0.571. The number of nitrogens with zero attached hydrogens (tertiary/aromatic N) is 4. The van der Waals surface area contributed by atoms with E-state index in [0.29, 0.717) is 30.1 Å². The highest BCUT2D eigenvalue weighted by Crippen LogP contribution is 2.40. The number of piperidine rings is 1. The van der Waals surface area contributed by atoms with E-state index in [4.69, 9.17) is 4.98 Å². The molecule has 0 spiro atoms. The SMILES string of the molecule is CCC(=O)C1CCC1N1CC[C@H](C)[C@H](c2ncc3cnc4[nH]ccc4n23)C1. The molecule has 0 bridgehead atoms. The van der Waals surface area contributed by atoms with Crippen LogP contribution in [0.15, 0.2) is 24.7 Å². The number of carbonyl (C=O) groups excluding carboxylic acids is 1. The molecule has 1 aliphatic heterocycles. The van der Waals surface area contributed by atoms with Crippen LogP contribution in [0.25, 0.3) is 16.7 Å². The van der Waals surface area contributed by atoms with Crippen molar-refractivity contribution >= 4 is 22.5 Å². The third kappa shape index (κ3) is 2.61. The number of H-pyrrole nitrogens is 1. The summed E-state index contributed by atoms with van der Waals surface area (Å²) < 4.78 is 2.26. The maximum Gasteiger partial charge on any atom is 0.154 e. The van der Waals surface area contributed by atoms with E-state index in [1.165, 1.54) is 0 Å². The van der Waals surface area contributed by atoms with Crippen LogP contribution in [0, 0.1) is 11.8 Å². The van der Waals surface area contributed by atoms with Crippen molar-refractivity contribution in [2.24, 2.45) is 11.8 Å². The van der Waals surface area contributed by atoms with E-state index in [1.54, 1.807) is 0 Å². The Morgan fingerprint density at radius 3 is 2.89 bits per heavy atom. The summed E-state index contributed by atoms with van der Waals surface area (Å²) in [6.45, 7) is 6.42. The lowest BCUT2D eigenvalue weighted by atomic mass is 9.73. The fourth-order valence-corrected chi connectivity index (χ4v) is 5.05. The molecule has 27 heavy (non-hydrogen) atoms. The number of hydrogen-bond acceptors (Lipinski definition) is 4. The van der Waals surface area contributed by atoms with Gasteiger partial charge in [-0.05, 0) is 37.8 Å². The first-order valence-electron chi connectivity index (χ1n) is 10.2. The topological polar surface area (TPSA) is 66.3 Å². The molecule has 0 radical (unpaired) electrons. The molecule has 2 fully saturated rings. The monoisotopic (exact) mass is 365 g/mol. The summed E-state index contributed by atoms with van der Waals surface area (Å²) >= 11 is 0. The second-order valence-corrected chi connectivity index (χ2v) is 8.28. The summed E-state index contributed by atoms with van der Waals surface area (Å²) in [6.07, 6.45) is 9.81. The number of ketones is 1. The Morgan fingerprint density at radius 1 is 1.26 bits per heavy atom. The van der Waals surface area contributed by atoms with Crippen molar-refractivity contribution in [3.8, 4) is 0 Å². The molecule has 4 heterocycles. The standard InChI is InChI=1S/C21H27N5O/c1-3-19(27)15-4-5-17(15)25-9-7-13(2)16(12-25)21-24-11-14-10-23-20-18(26(14)21)6-8-22-20/h6,8,10-11,13,15-17,22H,3-5,7,9,12H2,1-2H3/t13-,15?,16+,17?/m0/s1. The number of likely N-dealkylation sites (tertiary alicyclic amines) is 1. The number of hydrogen-bond donors (Lipinski definition) is 1. The summed E-state index contributed by atoms with van der Waals surface area (Å²) in [5.74, 6) is 2.77. The van der Waals surface area contributed by atoms with Crippen LogP contribution in [0.1, 0.15) is 51.3 Å². The summed E-state index contributed by atoms with van der Waals surface area (Å²) in [5.41, 5.74) is 3.03. The van der Waals surface area contributed by atoms with E-state index >= 15 is 0 Å². The molecule has 1 aliphatic carbocycles. The van der Waals surface area contributed by atoms with Gasteiger partial charge in [-0.15, -0.1) is 0 Å². The summed E-state index contributed by atoms with van der Waals surface area (Å²) in [4.78, 5) is 27.3. The molecule has 4 atom stereocenters. The fourth-order valence-electron chi connectivity index (χ4n) is 5.05. The van der Waals surface area contributed by atoms with E-state index in [9.17, 15) is 4.79 Å². The lowest BCUT2D eigenvalue weighted by Gasteiger charge is -2.48. The maximum atomic E-state index is 12.3. The average molecular weight is 365 g/mol. The Kier molecular flexibility index (Phi) is 4.04. The largest absolute Gasteiger partial charge is 0.345 e. The number of rotatable bonds is 4. The quantitative estimate of drug-likeness (QED) is 0.770. The van der Waals surface area contributed by atoms with Crippen LogP contribution in [-0.4, -0.2) is 49.2 Å². The molecule has 1 saturated heterocycles. The van der Waals surface area contributed by atoms with Crippen molar-refractivity contribution in [3.63, 3.8) is 0 Å². The average Bonchev–Trinajstić information content (AvgIpc) is 3.28. The first-order valence-corrected chi connectivity index (χ1v) is 10.2. The second-order valence-electron chi connectivity index (χ2n) is 8.28. The van der Waals surface area contributed by atoms with Crippen LogP contribution in [0.4, 0.5) is 0 Å². The molecule has 6 nitrogen and oxygen atoms in total. The molecule has 1 saturated carbocycles. The van der Waals surface area contributed by atoms with Gasteiger partial charge in [-0.1, -0.05) is 13.8 Å². The lowest BCUT2D eigenvalue weighted by molar-refractivity contribution is -0.129. The van der Waals surface area contributed by atoms with E-state index in [2.05, 4.69) is 32.3 Å². The number of nitrogens with one attached hydrogen (secondary N) is 1. The number of aromatic amines is 1. The maximum absolute atomic E-state index is 12.3. The highest BCUT2D eigenvalue weighted by molar-refractivity contribution is 5.82. The smallest absolute Gasteiger partial charge is 0.154 e. The van der Waals surface area contributed by atoms with Gasteiger partial charge in [0, 0.05) is 37.0 Å². The minimum Gasteiger partial charge on any atom is -0.345 e. The number of Topliss-reactive ketones (excluding diaryl/α,β-unsaturated/α-hetero) is 1. The van der Waals surface area contributed by atoms with Gasteiger partial charge in [-0.25, -0.2) is 9.97 Å². The van der Waals surface area contributed by atoms with Crippen molar-refractivity contribution in [1.29, 1.82) is 0 Å². The third-order valence-corrected chi connectivity index (χ3v) is 6.88. The van der Waals surface area contributed by atoms with Crippen molar-refractivity contribution in [2.75, 3.05) is 13.1 Å². The molecule has 3 aromatic heterocycles. The minimum absolute atomic E-state index is 0.252. The summed E-state index contributed by atoms with van der Waals surface area (Å²) in [5, 5.41) is 0. The van der Waals surface area contributed by atoms with Gasteiger partial charge in [-0.2, -0.15) is 0 Å². The Balaban J connectivity index is 1.48. The zero-order valence-electron chi connectivity index (χ0n) is 16.1.